The summed E-state index contributed by atoms with van der Waals surface area (Å²) in [5, 5.41) is 1.85. The Morgan fingerprint density at radius 1 is 1.54 bits per heavy atom. The molecule has 0 amide bonds. The second-order valence-electron chi connectivity index (χ2n) is 2.68. The van der Waals surface area contributed by atoms with Crippen molar-refractivity contribution in [1.29, 1.82) is 0 Å². The van der Waals surface area contributed by atoms with Crippen LogP contribution in [0.25, 0.3) is 10.7 Å². The van der Waals surface area contributed by atoms with Gasteiger partial charge in [0, 0.05) is 6.20 Å². The summed E-state index contributed by atoms with van der Waals surface area (Å²) in [6, 6.07) is 3.95. The number of nitrogens with one attached hydrogen (secondary N) is 1. The molecule has 1 N–H and O–H groups in total. The van der Waals surface area contributed by atoms with E-state index < -0.39 is 0 Å². The predicted octanol–water partition coefficient (Wildman–Crippen LogP) is 2.46. The summed E-state index contributed by atoms with van der Waals surface area (Å²) in [5.74, 6) is 0. The molecule has 0 saturated heterocycles. The van der Waals surface area contributed by atoms with Crippen molar-refractivity contribution in [1.82, 2.24) is 9.97 Å². The van der Waals surface area contributed by atoms with Gasteiger partial charge in [0.1, 0.15) is 5.01 Å². The highest BCUT2D eigenvalue weighted by Crippen LogP contribution is 2.32. The van der Waals surface area contributed by atoms with E-state index in [4.69, 9.17) is 4.74 Å². The standard InChI is InChI=1S/C9H10N2OS/c1-6-9(12-2)13-8(11-6)7-4-3-5-10-7/h3-5,10H,1-2H3. The molecule has 0 radical (unpaired) electrons. The Balaban J connectivity index is 2.43. The summed E-state index contributed by atoms with van der Waals surface area (Å²) in [6.07, 6.45) is 1.89. The van der Waals surface area contributed by atoms with E-state index in [0.717, 1.165) is 21.5 Å². The van der Waals surface area contributed by atoms with Gasteiger partial charge < -0.3 is 9.72 Å². The third-order valence-electron chi connectivity index (χ3n) is 1.77. The quantitative estimate of drug-likeness (QED) is 0.797. The maximum absolute atomic E-state index is 5.17. The molecular formula is C9H10N2OS. The molecule has 0 unspecified atom stereocenters. The highest BCUT2D eigenvalue weighted by molar-refractivity contribution is 7.16. The zero-order valence-electron chi connectivity index (χ0n) is 7.50. The first-order valence-corrected chi connectivity index (χ1v) is 4.78. The molecule has 0 bridgehead atoms. The number of hydrogen-bond acceptors (Lipinski definition) is 3. The first-order chi connectivity index (χ1) is 6.31. The number of rotatable bonds is 2. The van der Waals surface area contributed by atoms with Gasteiger partial charge in [0.2, 0.25) is 0 Å². The lowest BCUT2D eigenvalue weighted by Crippen LogP contribution is -1.80. The number of H-pyrrole nitrogens is 1. The van der Waals surface area contributed by atoms with Gasteiger partial charge in [-0.2, -0.15) is 0 Å². The van der Waals surface area contributed by atoms with Crippen LogP contribution in [0.1, 0.15) is 5.69 Å². The van der Waals surface area contributed by atoms with E-state index in [9.17, 15) is 0 Å². The first-order valence-electron chi connectivity index (χ1n) is 3.96. The number of ether oxygens (including phenoxy) is 1. The fraction of sp³-hybridized carbons (Fsp3) is 0.222. The van der Waals surface area contributed by atoms with Crippen molar-refractivity contribution in [3.63, 3.8) is 0 Å². The topological polar surface area (TPSA) is 37.9 Å². The average Bonchev–Trinajstić information content (AvgIpc) is 2.71. The summed E-state index contributed by atoms with van der Waals surface area (Å²) in [5.41, 5.74) is 1.98. The number of aryl methyl sites for hydroxylation is 1. The Hall–Kier alpha value is -1.29. The van der Waals surface area contributed by atoms with E-state index in [2.05, 4.69) is 9.97 Å². The summed E-state index contributed by atoms with van der Waals surface area (Å²) in [4.78, 5) is 7.50. The van der Waals surface area contributed by atoms with Crippen LogP contribution in [-0.2, 0) is 0 Å². The van der Waals surface area contributed by atoms with E-state index in [1.807, 2.05) is 25.3 Å². The van der Waals surface area contributed by atoms with Crippen molar-refractivity contribution in [2.45, 2.75) is 6.92 Å². The number of nitrogens with zero attached hydrogens (tertiary/aromatic N) is 1. The van der Waals surface area contributed by atoms with Crippen LogP contribution >= 0.6 is 11.3 Å². The van der Waals surface area contributed by atoms with Crippen LogP contribution in [0.3, 0.4) is 0 Å². The third kappa shape index (κ3) is 1.45. The number of aromatic nitrogens is 2. The molecule has 4 heteroatoms. The van der Waals surface area contributed by atoms with Crippen LogP contribution in [0.4, 0.5) is 0 Å². The van der Waals surface area contributed by atoms with Gasteiger partial charge in [0.25, 0.3) is 0 Å². The molecule has 0 saturated carbocycles. The highest BCUT2D eigenvalue weighted by atomic mass is 32.1. The van der Waals surface area contributed by atoms with E-state index in [1.54, 1.807) is 18.4 Å². The van der Waals surface area contributed by atoms with Crippen molar-refractivity contribution in [3.05, 3.63) is 24.0 Å². The van der Waals surface area contributed by atoms with Gasteiger partial charge in [0.05, 0.1) is 18.5 Å². The molecule has 0 fully saturated rings. The molecule has 2 aromatic heterocycles. The van der Waals surface area contributed by atoms with Gasteiger partial charge in [-0.15, -0.1) is 0 Å². The summed E-state index contributed by atoms with van der Waals surface area (Å²) < 4.78 is 5.17. The molecule has 3 nitrogen and oxygen atoms in total. The SMILES string of the molecule is COc1sc(-c2ccc[nH]2)nc1C. The van der Waals surface area contributed by atoms with Gasteiger partial charge in [-0.05, 0) is 19.1 Å². The predicted molar refractivity (Wildman–Crippen MR) is 53.2 cm³/mol. The van der Waals surface area contributed by atoms with Crippen molar-refractivity contribution in [3.8, 4) is 15.8 Å². The maximum Gasteiger partial charge on any atom is 0.197 e. The molecule has 0 aliphatic heterocycles. The summed E-state index contributed by atoms with van der Waals surface area (Å²) in [6.45, 7) is 1.95. The van der Waals surface area contributed by atoms with Crippen molar-refractivity contribution in [2.75, 3.05) is 7.11 Å². The van der Waals surface area contributed by atoms with Crippen molar-refractivity contribution < 1.29 is 4.74 Å². The molecule has 2 aromatic rings. The number of aromatic amines is 1. The second kappa shape index (κ2) is 3.22. The third-order valence-corrected chi connectivity index (χ3v) is 2.92. The normalized spacial score (nSPS) is 10.3. The Morgan fingerprint density at radius 2 is 2.38 bits per heavy atom. The Morgan fingerprint density at radius 3 is 2.92 bits per heavy atom. The molecule has 0 spiro atoms. The van der Waals surface area contributed by atoms with Gasteiger partial charge in [-0.1, -0.05) is 11.3 Å². The van der Waals surface area contributed by atoms with E-state index in [0.29, 0.717) is 0 Å². The smallest absolute Gasteiger partial charge is 0.197 e. The van der Waals surface area contributed by atoms with Gasteiger partial charge in [0.15, 0.2) is 5.06 Å². The minimum absolute atomic E-state index is 0.879. The molecule has 13 heavy (non-hydrogen) atoms. The van der Waals surface area contributed by atoms with Crippen LogP contribution in [0.5, 0.6) is 5.06 Å². The van der Waals surface area contributed by atoms with Crippen LogP contribution in [-0.4, -0.2) is 17.1 Å². The van der Waals surface area contributed by atoms with Gasteiger partial charge >= 0.3 is 0 Å². The fourth-order valence-electron chi connectivity index (χ4n) is 1.15. The van der Waals surface area contributed by atoms with E-state index in [1.165, 1.54) is 0 Å². The fourth-order valence-corrected chi connectivity index (χ4v) is 2.02. The Labute approximate surface area is 80.4 Å². The zero-order valence-corrected chi connectivity index (χ0v) is 8.31. The Bertz CT molecular complexity index is 392. The van der Waals surface area contributed by atoms with Crippen LogP contribution in [0, 0.1) is 6.92 Å². The average molecular weight is 194 g/mol. The molecule has 68 valence electrons. The van der Waals surface area contributed by atoms with Crippen molar-refractivity contribution >= 4 is 11.3 Å². The molecule has 0 aliphatic carbocycles. The Kier molecular flexibility index (Phi) is 2.06. The highest BCUT2D eigenvalue weighted by Gasteiger charge is 2.09. The molecule has 0 aliphatic rings. The monoisotopic (exact) mass is 194 g/mol. The minimum atomic E-state index is 0.879. The summed E-state index contributed by atoms with van der Waals surface area (Å²) in [7, 11) is 1.67. The maximum atomic E-state index is 5.17. The lowest BCUT2D eigenvalue weighted by atomic mass is 10.4. The first kappa shape index (κ1) is 8.31. The lowest BCUT2D eigenvalue weighted by Gasteiger charge is -1.90. The van der Waals surface area contributed by atoms with Gasteiger partial charge in [-0.3, -0.25) is 0 Å². The van der Waals surface area contributed by atoms with Crippen LogP contribution in [0.15, 0.2) is 18.3 Å². The molecule has 0 atom stereocenters. The largest absolute Gasteiger partial charge is 0.486 e. The zero-order chi connectivity index (χ0) is 9.26. The van der Waals surface area contributed by atoms with Gasteiger partial charge in [-0.25, -0.2) is 4.98 Å². The number of thiazole rings is 1. The number of hydrogen-bond donors (Lipinski definition) is 1. The summed E-state index contributed by atoms with van der Waals surface area (Å²) >= 11 is 1.55. The second-order valence-corrected chi connectivity index (χ2v) is 3.64. The van der Waals surface area contributed by atoms with Crippen LogP contribution in [0.2, 0.25) is 0 Å². The molecule has 2 heterocycles. The lowest BCUT2D eigenvalue weighted by molar-refractivity contribution is 0.423. The minimum Gasteiger partial charge on any atom is -0.486 e. The molecule has 0 aromatic carbocycles. The van der Waals surface area contributed by atoms with Crippen LogP contribution < -0.4 is 4.74 Å². The van der Waals surface area contributed by atoms with E-state index >= 15 is 0 Å². The number of methoxy groups -OCH3 is 1. The van der Waals surface area contributed by atoms with E-state index in [-0.39, 0.29) is 0 Å². The molecular weight excluding hydrogens is 184 g/mol. The van der Waals surface area contributed by atoms with Crippen molar-refractivity contribution in [2.24, 2.45) is 0 Å². The molecule has 2 rings (SSSR count).